The van der Waals surface area contributed by atoms with Crippen molar-refractivity contribution in [1.29, 1.82) is 0 Å². The average Bonchev–Trinajstić information content (AvgIpc) is 2.99. The molecule has 1 aliphatic heterocycles. The Kier molecular flexibility index (Phi) is 4.13. The molecule has 1 fully saturated rings. The molecule has 0 aliphatic carbocycles. The molecule has 1 N–H and O–H groups in total. The molecule has 26 heavy (non-hydrogen) atoms. The summed E-state index contributed by atoms with van der Waals surface area (Å²) in [6.07, 6.45) is 0.165. The average molecular weight is 366 g/mol. The Labute approximate surface area is 155 Å². The van der Waals surface area contributed by atoms with Gasteiger partial charge in [-0.2, -0.15) is 0 Å². The van der Waals surface area contributed by atoms with Gasteiger partial charge >= 0.3 is 5.97 Å². The summed E-state index contributed by atoms with van der Waals surface area (Å²) in [6, 6.07) is 19.5. The Morgan fingerprint density at radius 2 is 1.69 bits per heavy atom. The van der Waals surface area contributed by atoms with Crippen molar-refractivity contribution in [3.8, 4) is 0 Å². The lowest BCUT2D eigenvalue weighted by molar-refractivity contribution is -0.139. The van der Waals surface area contributed by atoms with E-state index in [9.17, 15) is 14.7 Å². The van der Waals surface area contributed by atoms with Gasteiger partial charge in [-0.25, -0.2) is 4.79 Å². The van der Waals surface area contributed by atoms with Crippen molar-refractivity contribution in [2.45, 2.75) is 18.4 Å². The first-order chi connectivity index (χ1) is 12.5. The van der Waals surface area contributed by atoms with E-state index in [-0.39, 0.29) is 12.3 Å². The molecule has 0 radical (unpaired) electrons. The number of carboxylic acid groups (broad SMARTS) is 1. The number of hydrogen-bond acceptors (Lipinski definition) is 2. The van der Waals surface area contributed by atoms with Gasteiger partial charge in [0.25, 0.3) is 0 Å². The third-order valence-electron chi connectivity index (χ3n) is 4.88. The number of nitrogens with zero attached hydrogens (tertiary/aromatic N) is 1. The van der Waals surface area contributed by atoms with Crippen molar-refractivity contribution < 1.29 is 14.7 Å². The highest BCUT2D eigenvalue weighted by molar-refractivity contribution is 6.30. The maximum absolute atomic E-state index is 12.7. The first-order valence-corrected chi connectivity index (χ1v) is 8.71. The molecule has 3 aromatic rings. The summed E-state index contributed by atoms with van der Waals surface area (Å²) < 4.78 is 0. The number of carboxylic acids is 1. The summed E-state index contributed by atoms with van der Waals surface area (Å²) in [7, 11) is 0. The molecule has 5 heteroatoms. The van der Waals surface area contributed by atoms with Gasteiger partial charge in [0, 0.05) is 23.0 Å². The SMILES string of the molecule is O=C(O)[C@@H]1[C@@H](c2ccc3ccccc3c2)CC(=O)N1c1ccc(Cl)cc1. The minimum Gasteiger partial charge on any atom is -0.480 e. The van der Waals surface area contributed by atoms with E-state index in [1.54, 1.807) is 24.3 Å². The number of fused-ring (bicyclic) bond motifs is 1. The van der Waals surface area contributed by atoms with Crippen LogP contribution in [0, 0.1) is 0 Å². The summed E-state index contributed by atoms with van der Waals surface area (Å²) in [5, 5.41) is 12.5. The molecule has 0 bridgehead atoms. The standard InChI is InChI=1S/C21H16ClNO3/c22-16-7-9-17(10-8-16)23-19(24)12-18(20(23)21(25)26)15-6-5-13-3-1-2-4-14(13)11-15/h1-11,18,20H,12H2,(H,25,26)/t18-,20+/m1/s1. The largest absolute Gasteiger partial charge is 0.480 e. The lowest BCUT2D eigenvalue weighted by atomic mass is 9.90. The van der Waals surface area contributed by atoms with E-state index < -0.39 is 17.9 Å². The number of aliphatic carboxylic acids is 1. The fraction of sp³-hybridized carbons (Fsp3) is 0.143. The number of halogens is 1. The van der Waals surface area contributed by atoms with Gasteiger partial charge in [-0.3, -0.25) is 9.69 Å². The molecule has 0 saturated carbocycles. The highest BCUT2D eigenvalue weighted by atomic mass is 35.5. The number of rotatable bonds is 3. The molecule has 0 unspecified atom stereocenters. The zero-order valence-corrected chi connectivity index (χ0v) is 14.6. The van der Waals surface area contributed by atoms with Crippen molar-refractivity contribution in [1.82, 2.24) is 0 Å². The minimum atomic E-state index is -1.01. The number of carbonyl (C=O) groups excluding carboxylic acids is 1. The van der Waals surface area contributed by atoms with E-state index in [0.717, 1.165) is 16.3 Å². The van der Waals surface area contributed by atoms with E-state index in [1.165, 1.54) is 4.90 Å². The second-order valence-electron chi connectivity index (χ2n) is 6.44. The molecule has 4 nitrogen and oxygen atoms in total. The monoisotopic (exact) mass is 365 g/mol. The van der Waals surface area contributed by atoms with Gasteiger partial charge in [0.15, 0.2) is 0 Å². The van der Waals surface area contributed by atoms with Crippen LogP contribution in [0.4, 0.5) is 5.69 Å². The number of carbonyl (C=O) groups is 2. The Morgan fingerprint density at radius 3 is 2.38 bits per heavy atom. The van der Waals surface area contributed by atoms with E-state index in [2.05, 4.69) is 0 Å². The molecule has 0 aromatic heterocycles. The maximum Gasteiger partial charge on any atom is 0.327 e. The van der Waals surface area contributed by atoms with Crippen LogP contribution in [0.5, 0.6) is 0 Å². The van der Waals surface area contributed by atoms with E-state index in [1.807, 2.05) is 42.5 Å². The van der Waals surface area contributed by atoms with Crippen LogP contribution < -0.4 is 4.90 Å². The van der Waals surface area contributed by atoms with Crippen molar-refractivity contribution in [3.63, 3.8) is 0 Å². The highest BCUT2D eigenvalue weighted by Gasteiger charge is 2.45. The van der Waals surface area contributed by atoms with Crippen LogP contribution in [-0.2, 0) is 9.59 Å². The molecule has 1 aliphatic rings. The third-order valence-corrected chi connectivity index (χ3v) is 5.13. The second kappa shape index (κ2) is 6.46. The summed E-state index contributed by atoms with van der Waals surface area (Å²) in [4.78, 5) is 26.1. The fourth-order valence-corrected chi connectivity index (χ4v) is 3.79. The first-order valence-electron chi connectivity index (χ1n) is 8.34. The van der Waals surface area contributed by atoms with Crippen LogP contribution in [0.25, 0.3) is 10.8 Å². The minimum absolute atomic E-state index is 0.165. The lowest BCUT2D eigenvalue weighted by Crippen LogP contribution is -2.40. The number of benzene rings is 3. The van der Waals surface area contributed by atoms with Crippen LogP contribution in [0.2, 0.25) is 5.02 Å². The molecule has 1 saturated heterocycles. The normalized spacial score (nSPS) is 19.9. The Balaban J connectivity index is 1.77. The van der Waals surface area contributed by atoms with Crippen molar-refractivity contribution >= 4 is 39.9 Å². The first kappa shape index (κ1) is 16.6. The van der Waals surface area contributed by atoms with Crippen LogP contribution in [0.15, 0.2) is 66.7 Å². The number of amides is 1. The molecular formula is C21H16ClNO3. The zero-order chi connectivity index (χ0) is 18.3. The van der Waals surface area contributed by atoms with Crippen molar-refractivity contribution in [2.24, 2.45) is 0 Å². The second-order valence-corrected chi connectivity index (χ2v) is 6.88. The summed E-state index contributed by atoms with van der Waals surface area (Å²) in [6.45, 7) is 0. The van der Waals surface area contributed by atoms with E-state index >= 15 is 0 Å². The summed E-state index contributed by atoms with van der Waals surface area (Å²) in [5.41, 5.74) is 1.41. The van der Waals surface area contributed by atoms with Gasteiger partial charge in [0.05, 0.1) is 0 Å². The number of hydrogen-bond donors (Lipinski definition) is 1. The van der Waals surface area contributed by atoms with Gasteiger partial charge in [-0.05, 0) is 40.6 Å². The van der Waals surface area contributed by atoms with Crippen LogP contribution in [-0.4, -0.2) is 23.0 Å². The molecule has 2 atom stereocenters. The topological polar surface area (TPSA) is 57.6 Å². The lowest BCUT2D eigenvalue weighted by Gasteiger charge is -2.25. The highest BCUT2D eigenvalue weighted by Crippen LogP contribution is 2.38. The van der Waals surface area contributed by atoms with Crippen LogP contribution in [0.3, 0.4) is 0 Å². The fourth-order valence-electron chi connectivity index (χ4n) is 3.66. The molecule has 130 valence electrons. The summed E-state index contributed by atoms with van der Waals surface area (Å²) in [5.74, 6) is -1.61. The summed E-state index contributed by atoms with van der Waals surface area (Å²) >= 11 is 5.91. The van der Waals surface area contributed by atoms with Crippen LogP contribution >= 0.6 is 11.6 Å². The Hall–Kier alpha value is -2.85. The molecular weight excluding hydrogens is 350 g/mol. The molecule has 3 aromatic carbocycles. The quantitative estimate of drug-likeness (QED) is 0.745. The van der Waals surface area contributed by atoms with E-state index in [4.69, 9.17) is 11.6 Å². The van der Waals surface area contributed by atoms with Gasteiger partial charge in [-0.1, -0.05) is 54.1 Å². The zero-order valence-electron chi connectivity index (χ0n) is 13.8. The predicted octanol–water partition coefficient (Wildman–Crippen LogP) is 4.47. The number of anilines is 1. The van der Waals surface area contributed by atoms with Crippen molar-refractivity contribution in [3.05, 3.63) is 77.3 Å². The maximum atomic E-state index is 12.7. The smallest absolute Gasteiger partial charge is 0.327 e. The third kappa shape index (κ3) is 2.82. The molecule has 4 rings (SSSR count). The predicted molar refractivity (Wildman–Crippen MR) is 102 cm³/mol. The molecule has 1 amide bonds. The van der Waals surface area contributed by atoms with Gasteiger partial charge in [0.2, 0.25) is 5.91 Å². The Morgan fingerprint density at radius 1 is 1.00 bits per heavy atom. The Bertz CT molecular complexity index is 1000. The van der Waals surface area contributed by atoms with Gasteiger partial charge < -0.3 is 5.11 Å². The van der Waals surface area contributed by atoms with Crippen LogP contribution in [0.1, 0.15) is 17.9 Å². The van der Waals surface area contributed by atoms with Gasteiger partial charge in [-0.15, -0.1) is 0 Å². The van der Waals surface area contributed by atoms with Gasteiger partial charge in [0.1, 0.15) is 6.04 Å². The molecule has 0 spiro atoms. The van der Waals surface area contributed by atoms with Crippen molar-refractivity contribution in [2.75, 3.05) is 4.90 Å². The van der Waals surface area contributed by atoms with E-state index in [0.29, 0.717) is 10.7 Å². The molecule has 1 heterocycles.